The number of carboxylic acids is 1. The molecule has 0 aliphatic carbocycles. The number of unbranched alkanes of at least 4 members (excludes halogenated alkanes) is 1. The molecule has 2 aromatic carbocycles. The van der Waals surface area contributed by atoms with Gasteiger partial charge in [0.15, 0.2) is 6.61 Å². The summed E-state index contributed by atoms with van der Waals surface area (Å²) in [5.74, 6) is -0.485. The first-order chi connectivity index (χ1) is 15.7. The topological polar surface area (TPSA) is 83.9 Å². The highest BCUT2D eigenvalue weighted by Gasteiger charge is 2.25. The number of nitrogens with zero attached hydrogens (tertiary/aromatic N) is 1. The Hall–Kier alpha value is -2.03. The third-order valence-electron chi connectivity index (χ3n) is 5.15. The third-order valence-corrected chi connectivity index (χ3v) is 8.11. The Labute approximate surface area is 202 Å². The lowest BCUT2D eigenvalue weighted by molar-refractivity contribution is -0.139. The molecule has 0 radical (unpaired) electrons. The first-order valence-corrected chi connectivity index (χ1v) is 13.7. The molecule has 0 aliphatic rings. The van der Waals surface area contributed by atoms with E-state index in [-0.39, 0.29) is 11.9 Å². The summed E-state index contributed by atoms with van der Waals surface area (Å²) >= 11 is 1.59. The number of ether oxygens (including phenoxy) is 1. The molecule has 0 saturated heterocycles. The van der Waals surface area contributed by atoms with Crippen molar-refractivity contribution in [2.24, 2.45) is 0 Å². The summed E-state index contributed by atoms with van der Waals surface area (Å²) in [5.41, 5.74) is 2.00. The van der Waals surface area contributed by atoms with Gasteiger partial charge >= 0.3 is 5.97 Å². The SMILES string of the molecule is CCCCc1ccc(S(=O)(=O)N(CCC)CC(C)Sc2ccc(OCC(=O)O)c(C)c2)cc1. The minimum atomic E-state index is -3.57. The van der Waals surface area contributed by atoms with E-state index in [1.165, 1.54) is 0 Å². The summed E-state index contributed by atoms with van der Waals surface area (Å²) in [7, 11) is -3.57. The number of carboxylic acid groups (broad SMARTS) is 1. The Balaban J connectivity index is 2.08. The summed E-state index contributed by atoms with van der Waals surface area (Å²) in [4.78, 5) is 12.0. The largest absolute Gasteiger partial charge is 0.482 e. The first kappa shape index (κ1) is 27.2. The Bertz CT molecular complexity index is 1010. The fourth-order valence-corrected chi connectivity index (χ4v) is 6.30. The van der Waals surface area contributed by atoms with Crippen LogP contribution >= 0.6 is 11.8 Å². The van der Waals surface area contributed by atoms with Crippen molar-refractivity contribution in [2.45, 2.75) is 68.4 Å². The van der Waals surface area contributed by atoms with Gasteiger partial charge in [0.2, 0.25) is 10.0 Å². The van der Waals surface area contributed by atoms with Crippen molar-refractivity contribution in [3.05, 3.63) is 53.6 Å². The standard InChI is InChI=1S/C25H35NO5S2/c1-5-7-8-21-9-12-23(13-10-21)33(29,30)26(15-6-2)17-20(4)32-22-11-14-24(19(3)16-22)31-18-25(27)28/h9-14,16,20H,5-8,15,17-18H2,1-4H3,(H,27,28). The van der Waals surface area contributed by atoms with E-state index < -0.39 is 16.0 Å². The molecule has 0 aromatic heterocycles. The zero-order valence-electron chi connectivity index (χ0n) is 19.9. The molecule has 0 bridgehead atoms. The highest BCUT2D eigenvalue weighted by Crippen LogP contribution is 2.30. The lowest BCUT2D eigenvalue weighted by Crippen LogP contribution is -2.36. The summed E-state index contributed by atoms with van der Waals surface area (Å²) in [6.45, 7) is 8.48. The van der Waals surface area contributed by atoms with Gasteiger partial charge in [0.1, 0.15) is 5.75 Å². The molecule has 1 unspecified atom stereocenters. The van der Waals surface area contributed by atoms with Gasteiger partial charge in [-0.05, 0) is 67.6 Å². The quantitative estimate of drug-likeness (QED) is 0.356. The number of aliphatic carboxylic acids is 1. The number of carbonyl (C=O) groups is 1. The molecule has 1 atom stereocenters. The van der Waals surface area contributed by atoms with Gasteiger partial charge in [0.25, 0.3) is 0 Å². The van der Waals surface area contributed by atoms with Crippen LogP contribution < -0.4 is 4.74 Å². The minimum absolute atomic E-state index is 0.0281. The molecule has 2 rings (SSSR count). The minimum Gasteiger partial charge on any atom is -0.482 e. The maximum atomic E-state index is 13.3. The highest BCUT2D eigenvalue weighted by molar-refractivity contribution is 8.00. The second-order valence-electron chi connectivity index (χ2n) is 8.15. The van der Waals surface area contributed by atoms with Crippen molar-refractivity contribution in [2.75, 3.05) is 19.7 Å². The number of rotatable bonds is 14. The Morgan fingerprint density at radius 2 is 1.82 bits per heavy atom. The van der Waals surface area contributed by atoms with E-state index in [1.807, 2.05) is 45.0 Å². The molecule has 0 aliphatic heterocycles. The maximum absolute atomic E-state index is 13.3. The summed E-state index contributed by atoms with van der Waals surface area (Å²) in [6.07, 6.45) is 3.90. The molecule has 182 valence electrons. The Kier molecular flexibility index (Phi) is 10.7. The van der Waals surface area contributed by atoms with Crippen LogP contribution in [0, 0.1) is 6.92 Å². The summed E-state index contributed by atoms with van der Waals surface area (Å²) in [6, 6.07) is 12.8. The van der Waals surface area contributed by atoms with Crippen LogP contribution in [0.15, 0.2) is 52.3 Å². The van der Waals surface area contributed by atoms with Crippen LogP contribution in [0.25, 0.3) is 0 Å². The van der Waals surface area contributed by atoms with E-state index in [2.05, 4.69) is 6.92 Å². The molecular formula is C25H35NO5S2. The molecule has 33 heavy (non-hydrogen) atoms. The number of hydrogen-bond acceptors (Lipinski definition) is 5. The van der Waals surface area contributed by atoms with Gasteiger partial charge in [0.05, 0.1) is 4.90 Å². The van der Waals surface area contributed by atoms with Gasteiger partial charge in [-0.2, -0.15) is 4.31 Å². The number of hydrogen-bond donors (Lipinski definition) is 1. The Morgan fingerprint density at radius 3 is 2.39 bits per heavy atom. The summed E-state index contributed by atoms with van der Waals surface area (Å²) in [5, 5.41) is 8.81. The average Bonchev–Trinajstić information content (AvgIpc) is 2.77. The van der Waals surface area contributed by atoms with Crippen molar-refractivity contribution >= 4 is 27.8 Å². The first-order valence-electron chi connectivity index (χ1n) is 11.4. The number of sulfonamides is 1. The molecular weight excluding hydrogens is 458 g/mol. The van der Waals surface area contributed by atoms with Crippen LogP contribution in [0.1, 0.15) is 51.2 Å². The van der Waals surface area contributed by atoms with Crippen LogP contribution in [0.5, 0.6) is 5.75 Å². The fraction of sp³-hybridized carbons (Fsp3) is 0.480. The van der Waals surface area contributed by atoms with Crippen LogP contribution in [-0.4, -0.2) is 48.7 Å². The van der Waals surface area contributed by atoms with Crippen molar-refractivity contribution in [3.63, 3.8) is 0 Å². The zero-order chi connectivity index (χ0) is 24.4. The summed E-state index contributed by atoms with van der Waals surface area (Å²) < 4.78 is 33.5. The van der Waals surface area contributed by atoms with Crippen LogP contribution in [-0.2, 0) is 21.2 Å². The van der Waals surface area contributed by atoms with Crippen molar-refractivity contribution in [1.82, 2.24) is 4.31 Å². The van der Waals surface area contributed by atoms with E-state index >= 15 is 0 Å². The van der Waals surface area contributed by atoms with Crippen molar-refractivity contribution in [3.8, 4) is 5.75 Å². The molecule has 1 N–H and O–H groups in total. The molecule has 0 spiro atoms. The lowest BCUT2D eigenvalue weighted by Gasteiger charge is -2.25. The second-order valence-corrected chi connectivity index (χ2v) is 11.6. The van der Waals surface area contributed by atoms with Gasteiger partial charge in [-0.1, -0.05) is 39.3 Å². The Morgan fingerprint density at radius 1 is 1.12 bits per heavy atom. The van der Waals surface area contributed by atoms with E-state index in [4.69, 9.17) is 9.84 Å². The van der Waals surface area contributed by atoms with Gasteiger partial charge in [0, 0.05) is 23.2 Å². The average molecular weight is 494 g/mol. The smallest absolute Gasteiger partial charge is 0.341 e. The van der Waals surface area contributed by atoms with Gasteiger partial charge < -0.3 is 9.84 Å². The fourth-order valence-electron chi connectivity index (χ4n) is 3.47. The van der Waals surface area contributed by atoms with Crippen molar-refractivity contribution in [1.29, 1.82) is 0 Å². The zero-order valence-corrected chi connectivity index (χ0v) is 21.5. The number of benzene rings is 2. The maximum Gasteiger partial charge on any atom is 0.341 e. The van der Waals surface area contributed by atoms with Crippen LogP contribution in [0.3, 0.4) is 0 Å². The molecule has 8 heteroatoms. The number of aryl methyl sites for hydroxylation is 2. The van der Waals surface area contributed by atoms with Gasteiger partial charge in [-0.3, -0.25) is 0 Å². The number of thioether (sulfide) groups is 1. The highest BCUT2D eigenvalue weighted by atomic mass is 32.2. The van der Waals surface area contributed by atoms with Gasteiger partial charge in [-0.15, -0.1) is 11.8 Å². The van der Waals surface area contributed by atoms with Crippen LogP contribution in [0.4, 0.5) is 0 Å². The van der Waals surface area contributed by atoms with Gasteiger partial charge in [-0.25, -0.2) is 13.2 Å². The molecule has 0 fully saturated rings. The molecule has 2 aromatic rings. The normalized spacial score (nSPS) is 12.6. The molecule has 0 heterocycles. The van der Waals surface area contributed by atoms with E-state index in [9.17, 15) is 13.2 Å². The van der Waals surface area contributed by atoms with Crippen molar-refractivity contribution < 1.29 is 23.1 Å². The predicted octanol–water partition coefficient (Wildman–Crippen LogP) is 5.38. The molecule has 0 saturated carbocycles. The third kappa shape index (κ3) is 8.36. The monoisotopic (exact) mass is 493 g/mol. The van der Waals surface area contributed by atoms with E-state index in [1.54, 1.807) is 34.3 Å². The molecule has 6 nitrogen and oxygen atoms in total. The van der Waals surface area contributed by atoms with Crippen LogP contribution in [0.2, 0.25) is 0 Å². The van der Waals surface area contributed by atoms with E-state index in [0.29, 0.717) is 23.7 Å². The lowest BCUT2D eigenvalue weighted by atomic mass is 10.1. The van der Waals surface area contributed by atoms with E-state index in [0.717, 1.165) is 41.7 Å². The molecule has 0 amide bonds. The second kappa shape index (κ2) is 13.0. The predicted molar refractivity (Wildman–Crippen MR) is 134 cm³/mol.